The smallest absolute Gasteiger partial charge is 0.313 e. The lowest BCUT2D eigenvalue weighted by Crippen LogP contribution is -2.57. The molecule has 3 saturated heterocycles. The molecule has 236 valence electrons. The number of esters is 1. The van der Waals surface area contributed by atoms with E-state index < -0.39 is 35.0 Å². The zero-order valence-corrected chi connectivity index (χ0v) is 26.3. The average molecular weight is 596 g/mol. The Morgan fingerprint density at radius 1 is 1.09 bits per heavy atom. The Balaban J connectivity index is 1.74. The second kappa shape index (κ2) is 13.6. The van der Waals surface area contributed by atoms with Crippen molar-refractivity contribution in [2.24, 2.45) is 17.8 Å². The number of anilines is 2. The fourth-order valence-corrected chi connectivity index (χ4v) is 7.63. The molecular weight excluding hydrogens is 546 g/mol. The first-order valence-electron chi connectivity index (χ1n) is 15.8. The van der Waals surface area contributed by atoms with E-state index in [9.17, 15) is 19.5 Å². The molecule has 1 N–H and O–H groups in total. The van der Waals surface area contributed by atoms with Crippen LogP contribution in [0.3, 0.4) is 0 Å². The van der Waals surface area contributed by atoms with Gasteiger partial charge in [-0.3, -0.25) is 14.4 Å². The quantitative estimate of drug-likeness (QED) is 0.172. The van der Waals surface area contributed by atoms with Crippen molar-refractivity contribution in [2.75, 3.05) is 49.2 Å². The number of rotatable bonds is 16. The number of aliphatic hydroxyl groups is 1. The Labute approximate surface area is 256 Å². The maximum Gasteiger partial charge on any atom is 0.313 e. The van der Waals surface area contributed by atoms with Crippen molar-refractivity contribution in [1.82, 2.24) is 4.90 Å². The predicted octanol–water partition coefficient (Wildman–Crippen LogP) is 4.34. The minimum absolute atomic E-state index is 0.0429. The topological polar surface area (TPSA) is 99.6 Å². The van der Waals surface area contributed by atoms with Gasteiger partial charge in [0.2, 0.25) is 5.91 Å². The number of ether oxygens (including phenoxy) is 2. The fourth-order valence-electron chi connectivity index (χ4n) is 7.63. The zero-order valence-electron chi connectivity index (χ0n) is 26.3. The van der Waals surface area contributed by atoms with Gasteiger partial charge >= 0.3 is 5.97 Å². The van der Waals surface area contributed by atoms with Gasteiger partial charge in [-0.1, -0.05) is 38.5 Å². The molecule has 43 heavy (non-hydrogen) atoms. The van der Waals surface area contributed by atoms with Crippen LogP contribution in [0, 0.1) is 17.8 Å². The SMILES string of the molecule is C=CCOC(=O)[C@@H]1[C@H]2C(=O)N(CCCCCCO)C(C(=O)N(CC=C)c3ccc(N(CC)CC)cc3)C23CC(C)[C@@]1(C)O3. The number of hydrogen-bond donors (Lipinski definition) is 1. The molecule has 4 rings (SSSR count). The minimum atomic E-state index is -1.15. The highest BCUT2D eigenvalue weighted by molar-refractivity contribution is 6.05. The fraction of sp³-hybridized carbons (Fsp3) is 0.618. The molecule has 0 aliphatic carbocycles. The van der Waals surface area contributed by atoms with E-state index in [2.05, 4.69) is 31.9 Å². The number of carbonyl (C=O) groups is 3. The van der Waals surface area contributed by atoms with Crippen molar-refractivity contribution >= 4 is 29.2 Å². The number of aliphatic hydroxyl groups excluding tert-OH is 1. The van der Waals surface area contributed by atoms with Crippen LogP contribution in [0.15, 0.2) is 49.6 Å². The van der Waals surface area contributed by atoms with Crippen molar-refractivity contribution in [3.63, 3.8) is 0 Å². The molecule has 6 atom stereocenters. The number of unbranched alkanes of at least 4 members (excludes halogenated alkanes) is 3. The summed E-state index contributed by atoms with van der Waals surface area (Å²) in [7, 11) is 0. The van der Waals surface area contributed by atoms with Crippen LogP contribution in [-0.2, 0) is 23.9 Å². The Morgan fingerprint density at radius 2 is 1.74 bits per heavy atom. The number of hydrogen-bond acceptors (Lipinski definition) is 7. The van der Waals surface area contributed by atoms with Gasteiger partial charge in [0, 0.05) is 44.2 Å². The molecule has 1 spiro atoms. The summed E-state index contributed by atoms with van der Waals surface area (Å²) in [4.78, 5) is 48.2. The van der Waals surface area contributed by atoms with Gasteiger partial charge in [0.05, 0.1) is 11.5 Å². The number of carbonyl (C=O) groups excluding carboxylic acids is 3. The largest absolute Gasteiger partial charge is 0.461 e. The molecule has 1 aromatic rings. The van der Waals surface area contributed by atoms with Crippen molar-refractivity contribution in [3.8, 4) is 0 Å². The molecule has 0 radical (unpaired) electrons. The van der Waals surface area contributed by atoms with Crippen LogP contribution >= 0.6 is 0 Å². The van der Waals surface area contributed by atoms with Crippen molar-refractivity contribution in [2.45, 2.75) is 77.0 Å². The highest BCUT2D eigenvalue weighted by Crippen LogP contribution is 2.65. The van der Waals surface area contributed by atoms with Crippen molar-refractivity contribution < 1.29 is 29.0 Å². The van der Waals surface area contributed by atoms with E-state index in [-0.39, 0.29) is 37.5 Å². The van der Waals surface area contributed by atoms with Gasteiger partial charge in [-0.05, 0) is 70.2 Å². The Morgan fingerprint density at radius 3 is 2.35 bits per heavy atom. The zero-order chi connectivity index (χ0) is 31.4. The molecule has 0 saturated carbocycles. The first-order chi connectivity index (χ1) is 20.6. The lowest BCUT2D eigenvalue weighted by Gasteiger charge is -2.37. The Bertz CT molecular complexity index is 1180. The summed E-state index contributed by atoms with van der Waals surface area (Å²) in [6.45, 7) is 18.2. The molecule has 1 aromatic carbocycles. The molecular formula is C34H49N3O6. The summed E-state index contributed by atoms with van der Waals surface area (Å²) in [5.41, 5.74) is -0.297. The maximum absolute atomic E-state index is 14.8. The van der Waals surface area contributed by atoms with E-state index >= 15 is 0 Å². The molecule has 0 aromatic heterocycles. The normalized spacial score (nSPS) is 29.0. The first kappa shape index (κ1) is 32.7. The van der Waals surface area contributed by atoms with Crippen molar-refractivity contribution in [3.05, 3.63) is 49.6 Å². The lowest BCUT2D eigenvalue weighted by molar-refractivity contribution is -0.160. The first-order valence-corrected chi connectivity index (χ1v) is 15.8. The highest BCUT2D eigenvalue weighted by atomic mass is 16.6. The molecule has 2 amide bonds. The molecule has 9 nitrogen and oxygen atoms in total. The average Bonchev–Trinajstić information content (AvgIpc) is 3.51. The van der Waals surface area contributed by atoms with Gasteiger partial charge in [0.15, 0.2) is 0 Å². The Kier molecular flexibility index (Phi) is 10.4. The van der Waals surface area contributed by atoms with E-state index in [1.807, 2.05) is 38.1 Å². The van der Waals surface area contributed by atoms with E-state index in [1.165, 1.54) is 6.08 Å². The third-order valence-corrected chi connectivity index (χ3v) is 9.82. The molecule has 3 unspecified atom stereocenters. The second-order valence-electron chi connectivity index (χ2n) is 12.2. The van der Waals surface area contributed by atoms with Crippen LogP contribution in [0.25, 0.3) is 0 Å². The summed E-state index contributed by atoms with van der Waals surface area (Å²) in [6, 6.07) is 7.00. The van der Waals surface area contributed by atoms with Crippen LogP contribution in [0.4, 0.5) is 11.4 Å². The summed E-state index contributed by atoms with van der Waals surface area (Å²) in [6.07, 6.45) is 6.69. The monoisotopic (exact) mass is 595 g/mol. The van der Waals surface area contributed by atoms with Crippen LogP contribution in [-0.4, -0.2) is 84.4 Å². The summed E-state index contributed by atoms with van der Waals surface area (Å²) in [5.74, 6) is -2.66. The standard InChI is InChI=1S/C34H49N3O6/c1-7-19-36(26-17-15-25(16-18-26)35(9-3)10-4)31(40)29-34-23-24(5)33(6,43-34)28(32(41)42-22-8-2)27(34)30(39)37(29)20-13-11-12-14-21-38/h7-8,15-18,24,27-29,38H,1-2,9-14,19-23H2,3-6H3/t24?,27-,28-,29?,33+,34?/m0/s1. The van der Waals surface area contributed by atoms with Gasteiger partial charge in [0.25, 0.3) is 5.91 Å². The van der Waals surface area contributed by atoms with Crippen molar-refractivity contribution in [1.29, 1.82) is 0 Å². The van der Waals surface area contributed by atoms with Gasteiger partial charge in [0.1, 0.15) is 24.2 Å². The van der Waals surface area contributed by atoms with Gasteiger partial charge in [-0.25, -0.2) is 0 Å². The summed E-state index contributed by atoms with van der Waals surface area (Å²) >= 11 is 0. The molecule has 3 aliphatic rings. The highest BCUT2D eigenvalue weighted by Gasteiger charge is 2.80. The van der Waals surface area contributed by atoms with E-state index in [1.54, 1.807) is 15.9 Å². The van der Waals surface area contributed by atoms with Crippen LogP contribution in [0.1, 0.15) is 59.8 Å². The van der Waals surface area contributed by atoms with E-state index in [0.717, 1.165) is 31.6 Å². The predicted molar refractivity (Wildman–Crippen MR) is 168 cm³/mol. The number of fused-ring (bicyclic) bond motifs is 1. The summed E-state index contributed by atoms with van der Waals surface area (Å²) < 4.78 is 12.3. The lowest BCUT2D eigenvalue weighted by atomic mass is 9.62. The van der Waals surface area contributed by atoms with Crippen LogP contribution < -0.4 is 9.80 Å². The van der Waals surface area contributed by atoms with Gasteiger partial charge in [-0.2, -0.15) is 0 Å². The van der Waals surface area contributed by atoms with Gasteiger partial charge < -0.3 is 29.3 Å². The molecule has 3 heterocycles. The second-order valence-corrected chi connectivity index (χ2v) is 12.2. The van der Waals surface area contributed by atoms with E-state index in [0.29, 0.717) is 31.5 Å². The third-order valence-electron chi connectivity index (χ3n) is 9.82. The summed E-state index contributed by atoms with van der Waals surface area (Å²) in [5, 5.41) is 9.21. The minimum Gasteiger partial charge on any atom is -0.461 e. The molecule has 3 fully saturated rings. The Hall–Kier alpha value is -3.17. The van der Waals surface area contributed by atoms with Gasteiger partial charge in [-0.15, -0.1) is 6.58 Å². The molecule has 3 aliphatic heterocycles. The number of nitrogens with zero attached hydrogens (tertiary/aromatic N) is 3. The molecule has 9 heteroatoms. The number of amides is 2. The number of likely N-dealkylation sites (tertiary alicyclic amines) is 1. The van der Waals surface area contributed by atoms with E-state index in [4.69, 9.17) is 9.47 Å². The van der Waals surface area contributed by atoms with Crippen LogP contribution in [0.5, 0.6) is 0 Å². The maximum atomic E-state index is 14.8. The third kappa shape index (κ3) is 5.74. The molecule has 2 bridgehead atoms. The number of benzene rings is 1. The van der Waals surface area contributed by atoms with Crippen LogP contribution in [0.2, 0.25) is 0 Å².